The smallest absolute Gasteiger partial charge is 0.335 e. The maximum atomic E-state index is 12.5. The molecule has 8 nitrogen and oxygen atoms in total. The van der Waals surface area contributed by atoms with Crippen LogP contribution in [0.1, 0.15) is 27.5 Å². The van der Waals surface area contributed by atoms with E-state index in [-0.39, 0.29) is 16.0 Å². The number of carbonyl (C=O) groups is 2. The van der Waals surface area contributed by atoms with Gasteiger partial charge < -0.3 is 15.3 Å². The van der Waals surface area contributed by atoms with Crippen LogP contribution in [0.15, 0.2) is 53.4 Å². The minimum atomic E-state index is -4.12. The average molecular weight is 379 g/mol. The second-order valence-electron chi connectivity index (χ2n) is 5.62. The lowest BCUT2D eigenvalue weighted by molar-refractivity contribution is -0.148. The van der Waals surface area contributed by atoms with E-state index in [4.69, 9.17) is 10.2 Å². The van der Waals surface area contributed by atoms with Gasteiger partial charge in [0.15, 0.2) is 6.10 Å². The van der Waals surface area contributed by atoms with Crippen molar-refractivity contribution in [2.75, 3.05) is 0 Å². The largest absolute Gasteiger partial charge is 0.479 e. The summed E-state index contributed by atoms with van der Waals surface area (Å²) >= 11 is 0. The maximum Gasteiger partial charge on any atom is 0.335 e. The van der Waals surface area contributed by atoms with Crippen molar-refractivity contribution in [1.29, 1.82) is 0 Å². The highest BCUT2D eigenvalue weighted by molar-refractivity contribution is 7.89. The van der Waals surface area contributed by atoms with Crippen LogP contribution in [0.4, 0.5) is 0 Å². The molecular formula is C17H17NO7S. The molecule has 2 aromatic rings. The van der Waals surface area contributed by atoms with Crippen molar-refractivity contribution < 1.29 is 33.3 Å². The lowest BCUT2D eigenvalue weighted by Crippen LogP contribution is -2.40. The number of hydrogen-bond donors (Lipinski definition) is 4. The summed E-state index contributed by atoms with van der Waals surface area (Å²) in [6.07, 6.45) is -2.06. The van der Waals surface area contributed by atoms with Gasteiger partial charge in [0.1, 0.15) is 0 Å². The third-order valence-electron chi connectivity index (χ3n) is 3.70. The summed E-state index contributed by atoms with van der Waals surface area (Å²) in [7, 11) is -4.12. The molecule has 0 fully saturated rings. The lowest BCUT2D eigenvalue weighted by Gasteiger charge is -2.22. The molecule has 2 atom stereocenters. The van der Waals surface area contributed by atoms with E-state index < -0.39 is 34.1 Å². The molecule has 0 bridgehead atoms. The van der Waals surface area contributed by atoms with Gasteiger partial charge in [-0.05, 0) is 36.8 Å². The van der Waals surface area contributed by atoms with Crippen molar-refractivity contribution in [3.63, 3.8) is 0 Å². The van der Waals surface area contributed by atoms with Gasteiger partial charge in [0, 0.05) is 0 Å². The average Bonchev–Trinajstić information content (AvgIpc) is 2.59. The first-order valence-electron chi connectivity index (χ1n) is 7.45. The van der Waals surface area contributed by atoms with Crippen molar-refractivity contribution >= 4 is 22.0 Å². The summed E-state index contributed by atoms with van der Waals surface area (Å²) in [5.74, 6) is -2.81. The van der Waals surface area contributed by atoms with E-state index in [0.717, 1.165) is 5.56 Å². The molecule has 0 spiro atoms. The monoisotopic (exact) mass is 379 g/mol. The highest BCUT2D eigenvalue weighted by Gasteiger charge is 2.32. The van der Waals surface area contributed by atoms with E-state index in [9.17, 15) is 23.1 Å². The molecule has 9 heteroatoms. The number of aromatic carboxylic acids is 1. The van der Waals surface area contributed by atoms with Crippen LogP contribution in [0.2, 0.25) is 0 Å². The van der Waals surface area contributed by atoms with E-state index in [1.54, 1.807) is 19.1 Å². The Morgan fingerprint density at radius 2 is 1.50 bits per heavy atom. The van der Waals surface area contributed by atoms with Gasteiger partial charge in [-0.1, -0.05) is 29.8 Å². The van der Waals surface area contributed by atoms with Crippen LogP contribution in [0, 0.1) is 6.92 Å². The molecule has 138 valence electrons. The molecule has 26 heavy (non-hydrogen) atoms. The zero-order chi connectivity index (χ0) is 19.5. The Morgan fingerprint density at radius 1 is 0.962 bits per heavy atom. The first-order chi connectivity index (χ1) is 12.1. The maximum absolute atomic E-state index is 12.5. The standard InChI is InChI=1S/C17H17NO7S/c1-10-2-8-13(9-3-10)26(24,25)18-14(15(19)17(22)23)11-4-6-12(7-5-11)16(20)21/h2-9,14-15,18-19H,1H3,(H,20,21)(H,22,23)/t14-,15+/m0/s1. The summed E-state index contributed by atoms with van der Waals surface area (Å²) in [4.78, 5) is 22.0. The summed E-state index contributed by atoms with van der Waals surface area (Å²) in [5.41, 5.74) is 0.898. The molecule has 2 aromatic carbocycles. The zero-order valence-corrected chi connectivity index (χ0v) is 14.5. The second kappa shape index (κ2) is 7.65. The molecule has 0 aromatic heterocycles. The molecule has 0 saturated heterocycles. The number of sulfonamides is 1. The third-order valence-corrected chi connectivity index (χ3v) is 5.16. The van der Waals surface area contributed by atoms with Gasteiger partial charge in [-0.25, -0.2) is 22.7 Å². The van der Waals surface area contributed by atoms with E-state index in [2.05, 4.69) is 4.72 Å². The Bertz CT molecular complexity index is 905. The molecule has 0 unspecified atom stereocenters. The molecule has 0 aliphatic heterocycles. The van der Waals surface area contributed by atoms with Gasteiger partial charge in [-0.3, -0.25) is 0 Å². The highest BCUT2D eigenvalue weighted by Crippen LogP contribution is 2.22. The summed E-state index contributed by atoms with van der Waals surface area (Å²) in [5, 5.41) is 27.9. The van der Waals surface area contributed by atoms with E-state index in [1.807, 2.05) is 0 Å². The number of nitrogens with one attached hydrogen (secondary N) is 1. The van der Waals surface area contributed by atoms with E-state index in [1.165, 1.54) is 36.4 Å². The number of carboxylic acids is 2. The Balaban J connectivity index is 2.40. The topological polar surface area (TPSA) is 141 Å². The van der Waals surface area contributed by atoms with Gasteiger partial charge in [0.05, 0.1) is 16.5 Å². The van der Waals surface area contributed by atoms with Crippen molar-refractivity contribution in [1.82, 2.24) is 4.72 Å². The van der Waals surface area contributed by atoms with Gasteiger partial charge in [0.25, 0.3) is 0 Å². The predicted octanol–water partition coefficient (Wildman–Crippen LogP) is 1.16. The number of hydrogen-bond acceptors (Lipinski definition) is 5. The molecule has 0 saturated carbocycles. The van der Waals surface area contributed by atoms with E-state index in [0.29, 0.717) is 0 Å². The molecule has 0 aliphatic rings. The molecule has 0 radical (unpaired) electrons. The van der Waals surface area contributed by atoms with Crippen LogP contribution in [0.3, 0.4) is 0 Å². The van der Waals surface area contributed by atoms with Crippen molar-refractivity contribution in [3.8, 4) is 0 Å². The second-order valence-corrected chi connectivity index (χ2v) is 7.34. The van der Waals surface area contributed by atoms with Crippen LogP contribution in [-0.4, -0.2) is 41.8 Å². The van der Waals surface area contributed by atoms with Crippen LogP contribution in [0.25, 0.3) is 0 Å². The predicted molar refractivity (Wildman–Crippen MR) is 91.3 cm³/mol. The Morgan fingerprint density at radius 3 is 1.96 bits per heavy atom. The van der Waals surface area contributed by atoms with Crippen LogP contribution >= 0.6 is 0 Å². The fourth-order valence-corrected chi connectivity index (χ4v) is 3.47. The quantitative estimate of drug-likeness (QED) is 0.565. The third kappa shape index (κ3) is 4.45. The zero-order valence-electron chi connectivity index (χ0n) is 13.7. The minimum Gasteiger partial charge on any atom is -0.479 e. The van der Waals surface area contributed by atoms with Crippen molar-refractivity contribution in [2.45, 2.75) is 24.0 Å². The van der Waals surface area contributed by atoms with Crippen LogP contribution in [0.5, 0.6) is 0 Å². The molecule has 2 rings (SSSR count). The Hall–Kier alpha value is -2.75. The van der Waals surface area contributed by atoms with Gasteiger partial charge in [0.2, 0.25) is 10.0 Å². The normalized spacial score (nSPS) is 13.8. The summed E-state index contributed by atoms with van der Waals surface area (Å²) < 4.78 is 27.2. The number of aliphatic hydroxyl groups excluding tert-OH is 1. The Kier molecular flexibility index (Phi) is 5.76. The Labute approximate surface area is 149 Å². The highest BCUT2D eigenvalue weighted by atomic mass is 32.2. The molecular weight excluding hydrogens is 362 g/mol. The fourth-order valence-electron chi connectivity index (χ4n) is 2.24. The fraction of sp³-hybridized carbons (Fsp3) is 0.176. The molecule has 0 amide bonds. The molecule has 0 heterocycles. The van der Waals surface area contributed by atoms with Gasteiger partial charge in [-0.2, -0.15) is 0 Å². The lowest BCUT2D eigenvalue weighted by atomic mass is 10.0. The first-order valence-corrected chi connectivity index (χ1v) is 8.93. The number of aliphatic hydroxyl groups is 1. The number of carboxylic acid groups (broad SMARTS) is 2. The molecule has 0 aliphatic carbocycles. The van der Waals surface area contributed by atoms with Crippen molar-refractivity contribution in [2.24, 2.45) is 0 Å². The van der Waals surface area contributed by atoms with E-state index >= 15 is 0 Å². The number of aryl methyl sites for hydroxylation is 1. The number of aliphatic carboxylic acids is 1. The van der Waals surface area contributed by atoms with Crippen LogP contribution < -0.4 is 4.72 Å². The summed E-state index contributed by atoms with van der Waals surface area (Å²) in [6, 6.07) is 9.26. The van der Waals surface area contributed by atoms with Gasteiger partial charge >= 0.3 is 11.9 Å². The molecule has 4 N–H and O–H groups in total. The summed E-state index contributed by atoms with van der Waals surface area (Å²) in [6.45, 7) is 1.78. The number of benzene rings is 2. The minimum absolute atomic E-state index is 0.0568. The van der Waals surface area contributed by atoms with Gasteiger partial charge in [-0.15, -0.1) is 0 Å². The van der Waals surface area contributed by atoms with Crippen LogP contribution in [-0.2, 0) is 14.8 Å². The number of rotatable bonds is 7. The SMILES string of the molecule is Cc1ccc(S(=O)(=O)N[C@@H](c2ccc(C(=O)O)cc2)[C@@H](O)C(=O)O)cc1. The van der Waals surface area contributed by atoms with Crippen molar-refractivity contribution in [3.05, 3.63) is 65.2 Å². The first kappa shape index (κ1) is 19.6.